The minimum atomic E-state index is -4.75. The van der Waals surface area contributed by atoms with Gasteiger partial charge in [0.1, 0.15) is 5.69 Å². The molecule has 2 aromatic carbocycles. The first-order chi connectivity index (χ1) is 14.1. The summed E-state index contributed by atoms with van der Waals surface area (Å²) in [4.78, 5) is 10.4. The van der Waals surface area contributed by atoms with E-state index in [1.54, 1.807) is 18.2 Å². The maximum Gasteiger partial charge on any atom is 0.416 e. The fraction of sp³-hybridized carbons (Fsp3) is 0.176. The van der Waals surface area contributed by atoms with E-state index in [1.165, 1.54) is 14.2 Å². The van der Waals surface area contributed by atoms with Crippen molar-refractivity contribution in [2.24, 2.45) is 0 Å². The summed E-state index contributed by atoms with van der Waals surface area (Å²) >= 11 is 5.20. The number of methoxy groups -OCH3 is 2. The van der Waals surface area contributed by atoms with Crippen LogP contribution in [0.1, 0.15) is 5.56 Å². The van der Waals surface area contributed by atoms with E-state index in [9.17, 15) is 23.3 Å². The third kappa shape index (κ3) is 3.66. The van der Waals surface area contributed by atoms with Gasteiger partial charge in [-0.2, -0.15) is 17.9 Å². The Balaban J connectivity index is 2.19. The van der Waals surface area contributed by atoms with E-state index in [1.807, 2.05) is 0 Å². The summed E-state index contributed by atoms with van der Waals surface area (Å²) in [5.41, 5.74) is -1.81. The van der Waals surface area contributed by atoms with Crippen LogP contribution >= 0.6 is 12.2 Å². The molecule has 9 nitrogen and oxygen atoms in total. The Bertz CT molecular complexity index is 1190. The molecule has 0 aliphatic rings. The Morgan fingerprint density at radius 1 is 1.13 bits per heavy atom. The van der Waals surface area contributed by atoms with Gasteiger partial charge in [0, 0.05) is 11.6 Å². The molecule has 0 spiro atoms. The highest BCUT2D eigenvalue weighted by molar-refractivity contribution is 7.71. The summed E-state index contributed by atoms with van der Waals surface area (Å²) in [6, 6.07) is 6.80. The first kappa shape index (κ1) is 21.1. The van der Waals surface area contributed by atoms with Gasteiger partial charge in [-0.3, -0.25) is 10.1 Å². The van der Waals surface area contributed by atoms with Crippen molar-refractivity contribution in [2.45, 2.75) is 6.18 Å². The topological polar surface area (TPSA) is 110 Å². The normalized spacial score (nSPS) is 11.4. The van der Waals surface area contributed by atoms with Gasteiger partial charge >= 0.3 is 6.18 Å². The molecule has 30 heavy (non-hydrogen) atoms. The molecule has 0 atom stereocenters. The van der Waals surface area contributed by atoms with Crippen molar-refractivity contribution >= 4 is 17.9 Å². The van der Waals surface area contributed by atoms with E-state index in [-0.39, 0.29) is 16.3 Å². The Kier molecular flexibility index (Phi) is 5.39. The van der Waals surface area contributed by atoms with Gasteiger partial charge in [0.15, 0.2) is 17.3 Å². The number of aromatic nitrogens is 3. The van der Waals surface area contributed by atoms with Crippen LogP contribution in [0.3, 0.4) is 0 Å². The van der Waals surface area contributed by atoms with E-state index in [0.29, 0.717) is 29.2 Å². The lowest BCUT2D eigenvalue weighted by Crippen LogP contribution is -2.11. The van der Waals surface area contributed by atoms with Crippen LogP contribution in [-0.4, -0.2) is 33.6 Å². The summed E-state index contributed by atoms with van der Waals surface area (Å²) in [6.45, 7) is 0. The minimum Gasteiger partial charge on any atom is -0.493 e. The number of hydrogen-bond acceptors (Lipinski definition) is 7. The first-order valence-electron chi connectivity index (χ1n) is 8.14. The summed E-state index contributed by atoms with van der Waals surface area (Å²) in [7, 11) is 2.89. The van der Waals surface area contributed by atoms with Crippen LogP contribution in [-0.2, 0) is 6.18 Å². The fourth-order valence-corrected chi connectivity index (χ4v) is 2.96. The fourth-order valence-electron chi connectivity index (χ4n) is 2.73. The SMILES string of the molecule is COc1ccc(-c2nn(-c3ccc(C(F)(F)F)cc3[N+](=O)[O-])c(=S)n2N)cc1OC. The van der Waals surface area contributed by atoms with Gasteiger partial charge in [0.25, 0.3) is 5.69 Å². The van der Waals surface area contributed by atoms with Gasteiger partial charge in [-0.15, -0.1) is 5.10 Å². The zero-order valence-electron chi connectivity index (χ0n) is 15.5. The van der Waals surface area contributed by atoms with Gasteiger partial charge < -0.3 is 15.3 Å². The van der Waals surface area contributed by atoms with Crippen LogP contribution in [0.15, 0.2) is 36.4 Å². The van der Waals surface area contributed by atoms with Crippen molar-refractivity contribution in [2.75, 3.05) is 20.1 Å². The maximum atomic E-state index is 13.0. The first-order valence-corrected chi connectivity index (χ1v) is 8.55. The Labute approximate surface area is 172 Å². The summed E-state index contributed by atoms with van der Waals surface area (Å²) in [5.74, 6) is 6.89. The zero-order chi connectivity index (χ0) is 22.2. The third-order valence-electron chi connectivity index (χ3n) is 4.18. The molecule has 0 fully saturated rings. The Morgan fingerprint density at radius 3 is 2.37 bits per heavy atom. The Hall–Kier alpha value is -3.61. The van der Waals surface area contributed by atoms with Gasteiger partial charge in [0.05, 0.1) is 24.7 Å². The largest absolute Gasteiger partial charge is 0.493 e. The van der Waals surface area contributed by atoms with Crippen molar-refractivity contribution < 1.29 is 27.6 Å². The monoisotopic (exact) mass is 441 g/mol. The number of nitrogen functional groups attached to an aromatic ring is 1. The number of rotatable bonds is 5. The lowest BCUT2D eigenvalue weighted by atomic mass is 10.1. The van der Waals surface area contributed by atoms with Crippen LogP contribution in [0, 0.1) is 14.9 Å². The maximum absolute atomic E-state index is 13.0. The van der Waals surface area contributed by atoms with Gasteiger partial charge in [-0.25, -0.2) is 4.68 Å². The lowest BCUT2D eigenvalue weighted by Gasteiger charge is -2.09. The smallest absolute Gasteiger partial charge is 0.416 e. The van der Waals surface area contributed by atoms with Crippen LogP contribution in [0.5, 0.6) is 11.5 Å². The van der Waals surface area contributed by atoms with Gasteiger partial charge in [0.2, 0.25) is 4.77 Å². The molecule has 0 amide bonds. The van der Waals surface area contributed by atoms with Crippen LogP contribution in [0.4, 0.5) is 18.9 Å². The molecule has 0 aliphatic heterocycles. The van der Waals surface area contributed by atoms with Crippen molar-refractivity contribution in [3.63, 3.8) is 0 Å². The standard InChI is InChI=1S/C17H14F3N5O4S/c1-28-13-6-3-9(7-14(13)29-2)15-22-24(16(30)23(15)21)11-5-4-10(17(18,19)20)8-12(11)25(26)27/h3-8H,21H2,1-2H3. The lowest BCUT2D eigenvalue weighted by molar-refractivity contribution is -0.384. The number of alkyl halides is 3. The molecule has 0 radical (unpaired) electrons. The number of nitro benzene ring substituents is 1. The van der Waals surface area contributed by atoms with Crippen LogP contribution in [0.25, 0.3) is 17.1 Å². The van der Waals surface area contributed by atoms with Gasteiger partial charge in [-0.05, 0) is 42.5 Å². The molecule has 1 heterocycles. The average Bonchev–Trinajstić information content (AvgIpc) is 3.01. The van der Waals surface area contributed by atoms with E-state index < -0.39 is 22.4 Å². The van der Waals surface area contributed by atoms with Crippen LogP contribution < -0.4 is 15.3 Å². The number of halogens is 3. The number of hydrogen-bond donors (Lipinski definition) is 1. The molecule has 1 aromatic heterocycles. The summed E-state index contributed by atoms with van der Waals surface area (Å²) in [5, 5.41) is 15.6. The van der Waals surface area contributed by atoms with E-state index in [4.69, 9.17) is 27.5 Å². The van der Waals surface area contributed by atoms with E-state index in [0.717, 1.165) is 15.4 Å². The van der Waals surface area contributed by atoms with Crippen molar-refractivity contribution in [3.8, 4) is 28.6 Å². The molecule has 2 N–H and O–H groups in total. The molecule has 13 heteroatoms. The van der Waals surface area contributed by atoms with Crippen molar-refractivity contribution in [1.82, 2.24) is 14.5 Å². The number of nitrogens with two attached hydrogens (primary N) is 1. The highest BCUT2D eigenvalue weighted by atomic mass is 32.1. The zero-order valence-corrected chi connectivity index (χ0v) is 16.3. The Morgan fingerprint density at radius 2 is 1.80 bits per heavy atom. The molecule has 158 valence electrons. The summed E-state index contributed by atoms with van der Waals surface area (Å²) in [6.07, 6.45) is -4.75. The molecule has 0 saturated heterocycles. The quantitative estimate of drug-likeness (QED) is 0.278. The number of nitrogens with zero attached hydrogens (tertiary/aromatic N) is 4. The highest BCUT2D eigenvalue weighted by Gasteiger charge is 2.33. The number of benzene rings is 2. The van der Waals surface area contributed by atoms with E-state index >= 15 is 0 Å². The molecule has 3 rings (SSSR count). The molecule has 0 bridgehead atoms. The predicted molar refractivity (Wildman–Crippen MR) is 103 cm³/mol. The minimum absolute atomic E-state index is 0.107. The predicted octanol–water partition coefficient (Wildman–Crippen LogP) is 3.73. The molecule has 0 saturated carbocycles. The van der Waals surface area contributed by atoms with Crippen molar-refractivity contribution in [1.29, 1.82) is 0 Å². The second kappa shape index (κ2) is 7.67. The summed E-state index contributed by atoms with van der Waals surface area (Å²) < 4.78 is 51.0. The number of ether oxygens (including phenoxy) is 2. The number of nitro groups is 1. The molecule has 0 aliphatic carbocycles. The molecule has 0 unspecified atom stereocenters. The average molecular weight is 441 g/mol. The molecular formula is C17H14F3N5O4S. The molecule has 3 aromatic rings. The second-order valence-corrected chi connectivity index (χ2v) is 6.28. The van der Waals surface area contributed by atoms with Gasteiger partial charge in [-0.1, -0.05) is 0 Å². The molecular weight excluding hydrogens is 427 g/mol. The van der Waals surface area contributed by atoms with Crippen LogP contribution in [0.2, 0.25) is 0 Å². The third-order valence-corrected chi connectivity index (χ3v) is 4.55. The highest BCUT2D eigenvalue weighted by Crippen LogP contribution is 2.35. The second-order valence-electron chi connectivity index (χ2n) is 5.92. The van der Waals surface area contributed by atoms with E-state index in [2.05, 4.69) is 5.10 Å². The van der Waals surface area contributed by atoms with Crippen molar-refractivity contribution in [3.05, 3.63) is 56.8 Å².